The minimum Gasteiger partial charge on any atom is -0.196 e. The molecule has 2 heteroatoms. The molecule has 0 aliphatic carbocycles. The van der Waals surface area contributed by atoms with Gasteiger partial charge in [-0.25, -0.2) is 0 Å². The Morgan fingerprint density at radius 3 is 1.64 bits per heavy atom. The Labute approximate surface area is 97.4 Å². The van der Waals surface area contributed by atoms with E-state index in [1.54, 1.807) is 0 Å². The Morgan fingerprint density at radius 2 is 1.43 bits per heavy atom. The van der Waals surface area contributed by atoms with Crippen molar-refractivity contribution in [1.82, 2.24) is 0 Å². The van der Waals surface area contributed by atoms with E-state index >= 15 is 0 Å². The minimum atomic E-state index is -0.775. The Balaban J connectivity index is 4.67. The average molecular weight is 236 g/mol. The van der Waals surface area contributed by atoms with E-state index in [-0.39, 0.29) is 0 Å². The molecule has 0 N–H and O–H groups in total. The lowest BCUT2D eigenvalue weighted by molar-refractivity contribution is 0.209. The van der Waals surface area contributed by atoms with Crippen molar-refractivity contribution in [2.75, 3.05) is 12.5 Å². The molecule has 14 heavy (non-hydrogen) atoms. The molecule has 0 spiro atoms. The fraction of sp³-hybridized carbons (Fsp3) is 1.00. The van der Waals surface area contributed by atoms with Gasteiger partial charge in [0.15, 0.2) is 0 Å². The van der Waals surface area contributed by atoms with Crippen molar-refractivity contribution in [1.29, 1.82) is 0 Å². The summed E-state index contributed by atoms with van der Waals surface area (Å²) >= 11 is 4.80. The van der Waals surface area contributed by atoms with Gasteiger partial charge in [-0.15, -0.1) is 11.7 Å². The molecule has 0 saturated heterocycles. The van der Waals surface area contributed by atoms with Gasteiger partial charge >= 0.3 is 0 Å². The van der Waals surface area contributed by atoms with Crippen molar-refractivity contribution < 1.29 is 0 Å². The van der Waals surface area contributed by atoms with Crippen molar-refractivity contribution in [3.8, 4) is 0 Å². The monoisotopic (exact) mass is 236 g/mol. The zero-order valence-corrected chi connectivity index (χ0v) is 12.9. The highest BCUT2D eigenvalue weighted by molar-refractivity contribution is 8.87. The summed E-state index contributed by atoms with van der Waals surface area (Å²) in [5.41, 5.74) is 0.413. The van der Waals surface area contributed by atoms with Crippen LogP contribution in [0.4, 0.5) is 0 Å². The maximum atomic E-state index is 4.80. The molecule has 0 fully saturated rings. The van der Waals surface area contributed by atoms with Crippen LogP contribution in [0.3, 0.4) is 0 Å². The van der Waals surface area contributed by atoms with Crippen molar-refractivity contribution in [2.45, 2.75) is 52.7 Å². The lowest BCUT2D eigenvalue weighted by atomic mass is 9.75. The van der Waals surface area contributed by atoms with Gasteiger partial charge in [0.05, 0.1) is 0 Å². The van der Waals surface area contributed by atoms with Gasteiger partial charge in [0, 0.05) is 4.75 Å². The maximum absolute atomic E-state index is 4.80. The molecule has 0 aliphatic heterocycles. The second-order valence-corrected chi connectivity index (χ2v) is 12.7. The third kappa shape index (κ3) is 3.69. The second-order valence-electron chi connectivity index (χ2n) is 6.35. The fourth-order valence-electron chi connectivity index (χ4n) is 1.48. The molecule has 0 atom stereocenters. The van der Waals surface area contributed by atoms with E-state index in [9.17, 15) is 0 Å². The molecule has 0 unspecified atom stereocenters. The zero-order chi connectivity index (χ0) is 11.8. The van der Waals surface area contributed by atoms with Gasteiger partial charge in [-0.2, -0.15) is 9.06 Å². The second kappa shape index (κ2) is 4.29. The van der Waals surface area contributed by atoms with Crippen LogP contribution in [-0.4, -0.2) is 17.3 Å². The molecular formula is C12H28S2. The zero-order valence-electron chi connectivity index (χ0n) is 11.1. The highest BCUT2D eigenvalue weighted by atomic mass is 33.1. The first-order valence-electron chi connectivity index (χ1n) is 5.35. The van der Waals surface area contributed by atoms with Crippen molar-refractivity contribution in [2.24, 2.45) is 11.3 Å². The number of thiol groups is 1. The predicted octanol–water partition coefficient (Wildman–Crippen LogP) is 4.75. The Morgan fingerprint density at radius 1 is 1.07 bits per heavy atom. The summed E-state index contributed by atoms with van der Waals surface area (Å²) in [5.74, 6) is 0.733. The van der Waals surface area contributed by atoms with Gasteiger partial charge in [0.1, 0.15) is 0 Å². The summed E-state index contributed by atoms with van der Waals surface area (Å²) < 4.78 is 0.351. The summed E-state index contributed by atoms with van der Waals surface area (Å²) in [6.45, 7) is 14.1. The molecule has 0 amide bonds. The SMILES string of the molecule is CC(C)C(C)(C)CC(C)(C)S(C)(C)S. The van der Waals surface area contributed by atoms with E-state index in [2.05, 4.69) is 54.1 Å². The first-order chi connectivity index (χ1) is 5.90. The van der Waals surface area contributed by atoms with E-state index in [0.717, 1.165) is 5.92 Å². The predicted molar refractivity (Wildman–Crippen MR) is 75.7 cm³/mol. The van der Waals surface area contributed by atoms with Crippen LogP contribution in [-0.2, 0) is 0 Å². The topological polar surface area (TPSA) is 0 Å². The van der Waals surface area contributed by atoms with Crippen LogP contribution in [0, 0.1) is 11.3 Å². The highest BCUT2D eigenvalue weighted by Crippen LogP contribution is 2.61. The van der Waals surface area contributed by atoms with Gasteiger partial charge in [-0.1, -0.05) is 41.5 Å². The normalized spacial score (nSPS) is 16.1. The van der Waals surface area contributed by atoms with Crippen LogP contribution in [0.1, 0.15) is 48.0 Å². The van der Waals surface area contributed by atoms with Gasteiger partial charge in [-0.3, -0.25) is 0 Å². The van der Waals surface area contributed by atoms with Crippen LogP contribution in [0.15, 0.2) is 0 Å². The molecule has 0 heterocycles. The quantitative estimate of drug-likeness (QED) is 0.529. The van der Waals surface area contributed by atoms with E-state index in [0.29, 0.717) is 10.2 Å². The highest BCUT2D eigenvalue weighted by Gasteiger charge is 2.37. The van der Waals surface area contributed by atoms with Gasteiger partial charge in [0.2, 0.25) is 0 Å². The Bertz CT molecular complexity index is 185. The standard InChI is InChI=1S/C12H28S2/c1-10(2)11(3,4)9-12(5,6)14(7,8)13/h10,13H,9H2,1-8H3. The number of hydrogen-bond acceptors (Lipinski definition) is 1. The van der Waals surface area contributed by atoms with Gasteiger partial charge < -0.3 is 0 Å². The van der Waals surface area contributed by atoms with Crippen molar-refractivity contribution >= 4 is 20.7 Å². The maximum Gasteiger partial charge on any atom is 0.00275 e. The smallest absolute Gasteiger partial charge is 0.00275 e. The molecule has 0 rings (SSSR count). The molecular weight excluding hydrogens is 208 g/mol. The molecule has 0 aromatic rings. The molecule has 0 nitrogen and oxygen atoms in total. The Hall–Kier alpha value is 0.700. The number of rotatable bonds is 4. The van der Waals surface area contributed by atoms with E-state index < -0.39 is 9.06 Å². The summed E-state index contributed by atoms with van der Waals surface area (Å²) in [7, 11) is -0.775. The van der Waals surface area contributed by atoms with Crippen LogP contribution in [0.2, 0.25) is 0 Å². The van der Waals surface area contributed by atoms with Crippen LogP contribution in [0.25, 0.3) is 0 Å². The molecule has 0 aromatic heterocycles. The molecule has 0 aromatic carbocycles. The molecule has 0 saturated carbocycles. The van der Waals surface area contributed by atoms with Crippen molar-refractivity contribution in [3.05, 3.63) is 0 Å². The summed E-state index contributed by atoms with van der Waals surface area (Å²) in [6.07, 6.45) is 5.85. The van der Waals surface area contributed by atoms with Crippen molar-refractivity contribution in [3.63, 3.8) is 0 Å². The van der Waals surface area contributed by atoms with Crippen LogP contribution < -0.4 is 0 Å². The summed E-state index contributed by atoms with van der Waals surface area (Å²) in [4.78, 5) is 0. The van der Waals surface area contributed by atoms with E-state index in [1.807, 2.05) is 0 Å². The largest absolute Gasteiger partial charge is 0.196 e. The van der Waals surface area contributed by atoms with E-state index in [4.69, 9.17) is 11.7 Å². The Kier molecular flexibility index (Phi) is 4.50. The lowest BCUT2D eigenvalue weighted by Crippen LogP contribution is -2.34. The van der Waals surface area contributed by atoms with Crippen LogP contribution in [0.5, 0.6) is 0 Å². The number of hydrogen-bond donors (Lipinski definition) is 1. The minimum absolute atomic E-state index is 0.351. The van der Waals surface area contributed by atoms with Gasteiger partial charge in [0.25, 0.3) is 0 Å². The third-order valence-corrected chi connectivity index (χ3v) is 8.13. The summed E-state index contributed by atoms with van der Waals surface area (Å²) in [5, 5.41) is 0. The first-order valence-corrected chi connectivity index (χ1v) is 8.86. The fourth-order valence-corrected chi connectivity index (χ4v) is 2.40. The molecule has 88 valence electrons. The molecule has 0 aliphatic rings. The first kappa shape index (κ1) is 14.7. The van der Waals surface area contributed by atoms with Crippen LogP contribution >= 0.6 is 20.7 Å². The summed E-state index contributed by atoms with van der Waals surface area (Å²) in [6, 6.07) is 0. The molecule has 0 bridgehead atoms. The molecule has 0 radical (unpaired) electrons. The third-order valence-electron chi connectivity index (χ3n) is 3.80. The average Bonchev–Trinajstić information content (AvgIpc) is 1.80. The lowest BCUT2D eigenvalue weighted by Gasteiger charge is -2.48. The van der Waals surface area contributed by atoms with Gasteiger partial charge in [-0.05, 0) is 30.3 Å². The van der Waals surface area contributed by atoms with E-state index in [1.165, 1.54) is 6.42 Å².